The van der Waals surface area contributed by atoms with Gasteiger partial charge in [-0.25, -0.2) is 9.97 Å². The van der Waals surface area contributed by atoms with Crippen molar-refractivity contribution in [2.45, 2.75) is 18.7 Å². The van der Waals surface area contributed by atoms with E-state index in [1.165, 1.54) is 15.8 Å². The Morgan fingerprint density at radius 3 is 2.91 bits per heavy atom. The van der Waals surface area contributed by atoms with Crippen LogP contribution in [-0.4, -0.2) is 93.8 Å². The SMILES string of the molecule is OCCCN1CCN(C(c2cc3ncncc3s2)N2CCOC(c3cccc4[nH]ccc34)C2)CC1. The van der Waals surface area contributed by atoms with E-state index in [1.54, 1.807) is 6.33 Å². The summed E-state index contributed by atoms with van der Waals surface area (Å²) in [5, 5.41) is 10.5. The quantitative estimate of drug-likeness (QED) is 0.410. The van der Waals surface area contributed by atoms with Gasteiger partial charge in [0.1, 0.15) is 6.33 Å². The van der Waals surface area contributed by atoms with Gasteiger partial charge >= 0.3 is 0 Å². The van der Waals surface area contributed by atoms with Crippen molar-refractivity contribution in [1.29, 1.82) is 0 Å². The number of rotatable bonds is 7. The van der Waals surface area contributed by atoms with Crippen molar-refractivity contribution in [1.82, 2.24) is 29.7 Å². The van der Waals surface area contributed by atoms with E-state index in [1.807, 2.05) is 23.7 Å². The average Bonchev–Trinajstić information content (AvgIpc) is 3.55. The van der Waals surface area contributed by atoms with Crippen molar-refractivity contribution in [2.24, 2.45) is 0 Å². The summed E-state index contributed by atoms with van der Waals surface area (Å²) >= 11 is 1.81. The second-order valence-corrected chi connectivity index (χ2v) is 10.5. The maximum atomic E-state index is 9.23. The van der Waals surface area contributed by atoms with E-state index in [0.29, 0.717) is 6.61 Å². The third-order valence-electron chi connectivity index (χ3n) is 7.27. The van der Waals surface area contributed by atoms with Gasteiger partial charge in [0.2, 0.25) is 0 Å². The molecular weight excluding hydrogens is 460 g/mol. The topological polar surface area (TPSA) is 80.8 Å². The molecule has 2 atom stereocenters. The van der Waals surface area contributed by atoms with Gasteiger partial charge in [0.15, 0.2) is 0 Å². The van der Waals surface area contributed by atoms with Crippen LogP contribution in [0.2, 0.25) is 0 Å². The van der Waals surface area contributed by atoms with Crippen LogP contribution in [0.15, 0.2) is 49.1 Å². The third-order valence-corrected chi connectivity index (χ3v) is 8.37. The van der Waals surface area contributed by atoms with Gasteiger partial charge in [0.05, 0.1) is 29.1 Å². The summed E-state index contributed by atoms with van der Waals surface area (Å²) in [5.74, 6) is 0. The van der Waals surface area contributed by atoms with Crippen LogP contribution in [0.3, 0.4) is 0 Å². The highest BCUT2D eigenvalue weighted by Gasteiger charge is 2.35. The highest BCUT2D eigenvalue weighted by Crippen LogP contribution is 2.38. The molecule has 184 valence electrons. The number of nitrogens with one attached hydrogen (secondary N) is 1. The lowest BCUT2D eigenvalue weighted by atomic mass is 10.0. The summed E-state index contributed by atoms with van der Waals surface area (Å²) in [6.45, 7) is 7.74. The maximum Gasteiger partial charge on any atom is 0.116 e. The van der Waals surface area contributed by atoms with Crippen LogP contribution in [0.1, 0.15) is 29.1 Å². The Kier molecular flexibility index (Phi) is 6.78. The van der Waals surface area contributed by atoms with Gasteiger partial charge in [0.25, 0.3) is 0 Å². The Labute approximate surface area is 209 Å². The third kappa shape index (κ3) is 4.72. The standard InChI is InChI=1S/C26H32N6O2S/c33-13-2-7-30-8-10-31(11-9-30)26(24-15-22-25(35-24)16-27-18-29-22)32-12-14-34-23(17-32)20-3-1-4-21-19(20)5-6-28-21/h1,3-6,15-16,18,23,26,28,33H,2,7-14,17H2. The molecule has 2 saturated heterocycles. The molecule has 1 aromatic carbocycles. The molecule has 8 nitrogen and oxygen atoms in total. The lowest BCUT2D eigenvalue weighted by molar-refractivity contribution is -0.0838. The predicted octanol–water partition coefficient (Wildman–Crippen LogP) is 3.24. The van der Waals surface area contributed by atoms with Crippen molar-refractivity contribution in [2.75, 3.05) is 59.0 Å². The van der Waals surface area contributed by atoms with Crippen molar-refractivity contribution in [3.05, 3.63) is 59.5 Å². The van der Waals surface area contributed by atoms with Crippen LogP contribution < -0.4 is 0 Å². The number of thiophene rings is 1. The monoisotopic (exact) mass is 492 g/mol. The zero-order chi connectivity index (χ0) is 23.6. The van der Waals surface area contributed by atoms with Crippen LogP contribution in [-0.2, 0) is 4.74 Å². The molecule has 4 aromatic rings. The molecule has 0 aliphatic carbocycles. The molecule has 2 aliphatic rings. The Balaban J connectivity index is 1.29. The van der Waals surface area contributed by atoms with Gasteiger partial charge in [-0.05, 0) is 30.2 Å². The molecule has 3 aromatic heterocycles. The van der Waals surface area contributed by atoms with Gasteiger partial charge in [-0.1, -0.05) is 12.1 Å². The van der Waals surface area contributed by atoms with Crippen LogP contribution in [0.25, 0.3) is 21.1 Å². The molecule has 0 bridgehead atoms. The van der Waals surface area contributed by atoms with Gasteiger partial charge in [-0.3, -0.25) is 9.80 Å². The highest BCUT2D eigenvalue weighted by molar-refractivity contribution is 7.19. The van der Waals surface area contributed by atoms with E-state index in [2.05, 4.69) is 60.0 Å². The fraction of sp³-hybridized carbons (Fsp3) is 0.462. The Morgan fingerprint density at radius 2 is 2.06 bits per heavy atom. The molecule has 0 radical (unpaired) electrons. The Hall–Kier alpha value is -2.40. The molecule has 6 rings (SSSR count). The normalized spacial score (nSPS) is 21.7. The Bertz CT molecular complexity index is 1230. The van der Waals surface area contributed by atoms with Gasteiger partial charge in [-0.2, -0.15) is 0 Å². The number of nitrogens with zero attached hydrogens (tertiary/aromatic N) is 5. The number of hydrogen-bond donors (Lipinski definition) is 2. The second-order valence-electron chi connectivity index (χ2n) is 9.39. The van der Waals surface area contributed by atoms with Crippen molar-refractivity contribution in [3.8, 4) is 0 Å². The molecule has 0 amide bonds. The van der Waals surface area contributed by atoms with Crippen LogP contribution in [0.4, 0.5) is 0 Å². The maximum absolute atomic E-state index is 9.23. The number of aromatic nitrogens is 3. The van der Waals surface area contributed by atoms with Crippen LogP contribution in [0.5, 0.6) is 0 Å². The summed E-state index contributed by atoms with van der Waals surface area (Å²) in [6.07, 6.45) is 6.63. The zero-order valence-electron chi connectivity index (χ0n) is 19.8. The van der Waals surface area contributed by atoms with Crippen molar-refractivity contribution >= 4 is 32.5 Å². The summed E-state index contributed by atoms with van der Waals surface area (Å²) in [4.78, 5) is 21.1. The summed E-state index contributed by atoms with van der Waals surface area (Å²) in [5.41, 5.74) is 3.43. The van der Waals surface area contributed by atoms with Gasteiger partial charge < -0.3 is 19.7 Å². The molecule has 35 heavy (non-hydrogen) atoms. The van der Waals surface area contributed by atoms with E-state index in [9.17, 15) is 5.11 Å². The Morgan fingerprint density at radius 1 is 1.14 bits per heavy atom. The molecule has 5 heterocycles. The fourth-order valence-corrected chi connectivity index (χ4v) is 6.68. The second kappa shape index (κ2) is 10.3. The van der Waals surface area contributed by atoms with Crippen LogP contribution in [0, 0.1) is 0 Å². The number of fused-ring (bicyclic) bond motifs is 2. The molecule has 0 saturated carbocycles. The number of aliphatic hydroxyl groups is 1. The molecule has 0 spiro atoms. The number of ether oxygens (including phenoxy) is 1. The number of H-pyrrole nitrogens is 1. The number of hydrogen-bond acceptors (Lipinski definition) is 8. The molecule has 2 N–H and O–H groups in total. The molecule has 2 fully saturated rings. The van der Waals surface area contributed by atoms with Crippen molar-refractivity contribution in [3.63, 3.8) is 0 Å². The smallest absolute Gasteiger partial charge is 0.116 e. The zero-order valence-corrected chi connectivity index (χ0v) is 20.7. The molecule has 2 unspecified atom stereocenters. The number of benzene rings is 1. The summed E-state index contributed by atoms with van der Waals surface area (Å²) in [7, 11) is 0. The van der Waals surface area contributed by atoms with E-state index in [0.717, 1.165) is 68.0 Å². The minimum Gasteiger partial charge on any atom is -0.396 e. The first-order valence-corrected chi connectivity index (χ1v) is 13.3. The number of aliphatic hydroxyl groups excluding tert-OH is 1. The van der Waals surface area contributed by atoms with Gasteiger partial charge in [0, 0.05) is 80.6 Å². The lowest BCUT2D eigenvalue weighted by Crippen LogP contribution is -2.53. The summed E-state index contributed by atoms with van der Waals surface area (Å²) in [6, 6.07) is 10.8. The van der Waals surface area contributed by atoms with Crippen molar-refractivity contribution < 1.29 is 9.84 Å². The molecule has 2 aliphatic heterocycles. The van der Waals surface area contributed by atoms with Gasteiger partial charge in [-0.15, -0.1) is 11.3 Å². The summed E-state index contributed by atoms with van der Waals surface area (Å²) < 4.78 is 7.48. The number of aromatic amines is 1. The van der Waals surface area contributed by atoms with E-state index in [-0.39, 0.29) is 18.9 Å². The fourth-order valence-electron chi connectivity index (χ4n) is 5.52. The number of piperazine rings is 1. The predicted molar refractivity (Wildman–Crippen MR) is 138 cm³/mol. The first kappa shape index (κ1) is 23.0. The van der Waals surface area contributed by atoms with E-state index < -0.39 is 0 Å². The lowest BCUT2D eigenvalue weighted by Gasteiger charge is -2.46. The van der Waals surface area contributed by atoms with E-state index >= 15 is 0 Å². The largest absolute Gasteiger partial charge is 0.396 e. The minimum atomic E-state index is 0.0331. The molecule has 9 heteroatoms. The highest BCUT2D eigenvalue weighted by atomic mass is 32.1. The first-order chi connectivity index (χ1) is 17.3. The molecular formula is C26H32N6O2S. The number of morpholine rings is 1. The van der Waals surface area contributed by atoms with E-state index in [4.69, 9.17) is 4.74 Å². The first-order valence-electron chi connectivity index (χ1n) is 12.5. The van der Waals surface area contributed by atoms with Crippen LogP contribution >= 0.6 is 11.3 Å². The minimum absolute atomic E-state index is 0.0331. The average molecular weight is 493 g/mol.